The van der Waals surface area contributed by atoms with Gasteiger partial charge in [0.25, 0.3) is 0 Å². The second-order valence-corrected chi connectivity index (χ2v) is 5.54. The van der Waals surface area contributed by atoms with E-state index in [0.29, 0.717) is 0 Å². The molecule has 0 radical (unpaired) electrons. The Labute approximate surface area is 103 Å². The molecule has 0 aromatic carbocycles. The van der Waals surface area contributed by atoms with Gasteiger partial charge in [-0.05, 0) is 34.7 Å². The van der Waals surface area contributed by atoms with E-state index >= 15 is 0 Å². The summed E-state index contributed by atoms with van der Waals surface area (Å²) in [6.45, 7) is 2.92. The molecule has 0 bridgehead atoms. The molecule has 0 unspecified atom stereocenters. The number of hydrogen-bond donors (Lipinski definition) is 0. The van der Waals surface area contributed by atoms with Crippen molar-refractivity contribution < 1.29 is 4.74 Å². The van der Waals surface area contributed by atoms with Crippen LogP contribution in [0.2, 0.25) is 0 Å². The van der Waals surface area contributed by atoms with Gasteiger partial charge in [0.1, 0.15) is 4.60 Å². The Hall–Kier alpha value is -0.130. The Morgan fingerprint density at radius 3 is 2.93 bits per heavy atom. The molecule has 0 amide bonds. The summed E-state index contributed by atoms with van der Waals surface area (Å²) in [5, 5.41) is 3.11. The Kier molecular flexibility index (Phi) is 3.99. The van der Waals surface area contributed by atoms with Gasteiger partial charge in [-0.15, -0.1) is 11.3 Å². The van der Waals surface area contributed by atoms with Gasteiger partial charge in [0.05, 0.1) is 0 Å². The smallest absolute Gasteiger partial charge is 0.186 e. The van der Waals surface area contributed by atoms with Gasteiger partial charge in [-0.25, -0.2) is 4.98 Å². The Balaban J connectivity index is 1.88. The highest BCUT2D eigenvalue weighted by molar-refractivity contribution is 9.10. The molecule has 0 aliphatic carbocycles. The number of nitrogens with zero attached hydrogens (tertiary/aromatic N) is 2. The maximum atomic E-state index is 5.35. The minimum atomic E-state index is 0.756. The molecule has 2 heterocycles. The van der Waals surface area contributed by atoms with Crippen LogP contribution in [0.3, 0.4) is 0 Å². The predicted molar refractivity (Wildman–Crippen MR) is 66.6 cm³/mol. The molecular weight excluding hydrogens is 276 g/mol. The van der Waals surface area contributed by atoms with Crippen molar-refractivity contribution >= 4 is 32.4 Å². The summed E-state index contributed by atoms with van der Waals surface area (Å²) in [7, 11) is 2.11. The highest BCUT2D eigenvalue weighted by atomic mass is 79.9. The highest BCUT2D eigenvalue weighted by Crippen LogP contribution is 2.25. The number of hydrogen-bond acceptors (Lipinski definition) is 4. The van der Waals surface area contributed by atoms with E-state index in [2.05, 4.69) is 32.9 Å². The molecule has 1 aliphatic rings. The average Bonchev–Trinajstić information content (AvgIpc) is 2.66. The van der Waals surface area contributed by atoms with Crippen LogP contribution in [0.4, 0.5) is 5.13 Å². The van der Waals surface area contributed by atoms with Crippen LogP contribution in [0.15, 0.2) is 9.98 Å². The Bertz CT molecular complexity index is 312. The van der Waals surface area contributed by atoms with E-state index < -0.39 is 0 Å². The molecule has 1 aromatic rings. The van der Waals surface area contributed by atoms with Gasteiger partial charge in [0.15, 0.2) is 5.13 Å². The monoisotopic (exact) mass is 290 g/mol. The van der Waals surface area contributed by atoms with Gasteiger partial charge in [0, 0.05) is 32.2 Å². The molecule has 1 aromatic heterocycles. The van der Waals surface area contributed by atoms with E-state index in [0.717, 1.165) is 35.4 Å². The third-order valence-electron chi connectivity index (χ3n) is 2.66. The fourth-order valence-electron chi connectivity index (χ4n) is 1.82. The van der Waals surface area contributed by atoms with Gasteiger partial charge in [-0.2, -0.15) is 0 Å². The molecule has 2 rings (SSSR count). The molecule has 1 saturated heterocycles. The van der Waals surface area contributed by atoms with Gasteiger partial charge < -0.3 is 9.64 Å². The van der Waals surface area contributed by atoms with Crippen LogP contribution in [-0.4, -0.2) is 31.8 Å². The average molecular weight is 291 g/mol. The van der Waals surface area contributed by atoms with E-state index in [9.17, 15) is 0 Å². The first-order valence-corrected chi connectivity index (χ1v) is 6.83. The quantitative estimate of drug-likeness (QED) is 0.856. The van der Waals surface area contributed by atoms with E-state index in [4.69, 9.17) is 4.74 Å². The van der Waals surface area contributed by atoms with Crippen LogP contribution < -0.4 is 4.90 Å². The standard InChI is InChI=1S/C10H15BrN2OS/c1-13(10-12-9(11)7-15-10)6-8-2-4-14-5-3-8/h7-8H,2-6H2,1H3. The van der Waals surface area contributed by atoms with Crippen LogP contribution in [0.1, 0.15) is 12.8 Å². The van der Waals surface area contributed by atoms with Crippen molar-refractivity contribution in [1.29, 1.82) is 0 Å². The number of aromatic nitrogens is 1. The summed E-state index contributed by atoms with van der Waals surface area (Å²) in [6, 6.07) is 0. The van der Waals surface area contributed by atoms with E-state index in [1.54, 1.807) is 11.3 Å². The van der Waals surface area contributed by atoms with Crippen molar-refractivity contribution in [1.82, 2.24) is 4.98 Å². The number of anilines is 1. The van der Waals surface area contributed by atoms with Crippen molar-refractivity contribution in [2.75, 3.05) is 31.7 Å². The second-order valence-electron chi connectivity index (χ2n) is 3.89. The summed E-state index contributed by atoms with van der Waals surface area (Å²) in [5.74, 6) is 0.756. The molecule has 1 aliphatic heterocycles. The van der Waals surface area contributed by atoms with Gasteiger partial charge in [-0.1, -0.05) is 0 Å². The molecule has 3 nitrogen and oxygen atoms in total. The van der Waals surface area contributed by atoms with E-state index in [1.807, 2.05) is 5.38 Å². The molecule has 1 fully saturated rings. The molecule has 84 valence electrons. The minimum Gasteiger partial charge on any atom is -0.381 e. The first-order chi connectivity index (χ1) is 7.25. The number of rotatable bonds is 3. The summed E-state index contributed by atoms with van der Waals surface area (Å²) in [4.78, 5) is 6.65. The lowest BCUT2D eigenvalue weighted by Gasteiger charge is -2.26. The van der Waals surface area contributed by atoms with Crippen molar-refractivity contribution in [3.63, 3.8) is 0 Å². The maximum absolute atomic E-state index is 5.35. The highest BCUT2D eigenvalue weighted by Gasteiger charge is 2.17. The van der Waals surface area contributed by atoms with Crippen LogP contribution in [0, 0.1) is 5.92 Å². The summed E-state index contributed by atoms with van der Waals surface area (Å²) in [6.07, 6.45) is 2.35. The van der Waals surface area contributed by atoms with Crippen molar-refractivity contribution in [2.24, 2.45) is 5.92 Å². The Morgan fingerprint density at radius 1 is 1.60 bits per heavy atom. The lowest BCUT2D eigenvalue weighted by Crippen LogP contribution is -2.29. The summed E-state index contributed by atoms with van der Waals surface area (Å²) in [5.41, 5.74) is 0. The van der Waals surface area contributed by atoms with Gasteiger partial charge in [0.2, 0.25) is 0 Å². The van der Waals surface area contributed by atoms with Crippen molar-refractivity contribution in [2.45, 2.75) is 12.8 Å². The zero-order valence-electron chi connectivity index (χ0n) is 8.78. The van der Waals surface area contributed by atoms with Crippen LogP contribution >= 0.6 is 27.3 Å². The zero-order chi connectivity index (χ0) is 10.7. The molecule has 0 spiro atoms. The predicted octanol–water partition coefficient (Wildman–Crippen LogP) is 2.77. The maximum Gasteiger partial charge on any atom is 0.186 e. The third-order valence-corrected chi connectivity index (χ3v) is 4.33. The van der Waals surface area contributed by atoms with Gasteiger partial charge >= 0.3 is 0 Å². The molecule has 5 heteroatoms. The number of halogens is 1. The SMILES string of the molecule is CN(CC1CCOCC1)c1nc(Br)cs1. The number of thiazole rings is 1. The van der Waals surface area contributed by atoms with E-state index in [1.165, 1.54) is 12.8 Å². The zero-order valence-corrected chi connectivity index (χ0v) is 11.2. The fourth-order valence-corrected chi connectivity index (χ4v) is 3.04. The third kappa shape index (κ3) is 3.16. The van der Waals surface area contributed by atoms with Crippen molar-refractivity contribution in [3.8, 4) is 0 Å². The first-order valence-electron chi connectivity index (χ1n) is 5.15. The minimum absolute atomic E-state index is 0.756. The Morgan fingerprint density at radius 2 is 2.33 bits per heavy atom. The molecular formula is C10H15BrN2OS. The lowest BCUT2D eigenvalue weighted by molar-refractivity contribution is 0.0685. The van der Waals surface area contributed by atoms with Crippen LogP contribution in [0.25, 0.3) is 0 Å². The number of ether oxygens (including phenoxy) is 1. The summed E-state index contributed by atoms with van der Waals surface area (Å²) >= 11 is 5.06. The van der Waals surface area contributed by atoms with Crippen LogP contribution in [-0.2, 0) is 4.74 Å². The van der Waals surface area contributed by atoms with Crippen LogP contribution in [0.5, 0.6) is 0 Å². The molecule has 15 heavy (non-hydrogen) atoms. The lowest BCUT2D eigenvalue weighted by atomic mass is 10.0. The molecule has 0 saturated carbocycles. The summed E-state index contributed by atoms with van der Waals surface area (Å²) < 4.78 is 6.28. The molecule has 0 atom stereocenters. The van der Waals surface area contributed by atoms with E-state index in [-0.39, 0.29) is 0 Å². The van der Waals surface area contributed by atoms with Gasteiger partial charge in [-0.3, -0.25) is 0 Å². The molecule has 0 N–H and O–H groups in total. The topological polar surface area (TPSA) is 25.4 Å². The second kappa shape index (κ2) is 5.27. The largest absolute Gasteiger partial charge is 0.381 e. The normalized spacial score (nSPS) is 18.0. The first kappa shape index (κ1) is 11.4. The van der Waals surface area contributed by atoms with Crippen molar-refractivity contribution in [3.05, 3.63) is 9.98 Å². The fraction of sp³-hybridized carbons (Fsp3) is 0.700.